The van der Waals surface area contributed by atoms with E-state index < -0.39 is 18.0 Å². The lowest BCUT2D eigenvalue weighted by atomic mass is 10.5. The first kappa shape index (κ1) is 12.7. The lowest BCUT2D eigenvalue weighted by molar-refractivity contribution is -0.146. The lowest BCUT2D eigenvalue weighted by Gasteiger charge is -2.00. The molecule has 6 nitrogen and oxygen atoms in total. The van der Waals surface area contributed by atoms with Crippen molar-refractivity contribution < 1.29 is 22.7 Å². The van der Waals surface area contributed by atoms with Crippen LogP contribution in [0.3, 0.4) is 0 Å². The van der Waals surface area contributed by atoms with E-state index in [0.29, 0.717) is 4.52 Å². The third-order valence-corrected chi connectivity index (χ3v) is 2.79. The van der Waals surface area contributed by atoms with Crippen LogP contribution in [0, 0.1) is 0 Å². The minimum atomic E-state index is -4.63. The number of alkyl halides is 3. The maximum Gasteiger partial charge on any atom is 0.453 e. The molecule has 0 radical (unpaired) electrons. The van der Waals surface area contributed by atoms with Gasteiger partial charge in [0.15, 0.2) is 0 Å². The molecule has 0 unspecified atom stereocenters. The van der Waals surface area contributed by atoms with Gasteiger partial charge in [-0.1, -0.05) is 11.3 Å². The van der Waals surface area contributed by atoms with Crippen LogP contribution < -0.4 is 0 Å². The minimum Gasteiger partial charge on any atom is -0.466 e. The molecule has 98 valence electrons. The van der Waals surface area contributed by atoms with Crippen LogP contribution in [0.1, 0.15) is 17.8 Å². The molecular weight excluding hydrogens is 273 g/mol. The Morgan fingerprint density at radius 2 is 2.17 bits per heavy atom. The topological polar surface area (TPSA) is 69.4 Å². The van der Waals surface area contributed by atoms with E-state index in [4.69, 9.17) is 0 Å². The number of carbonyl (C=O) groups is 1. The molecular formula is C8H7F3N4O2S. The zero-order valence-corrected chi connectivity index (χ0v) is 9.88. The first-order valence-corrected chi connectivity index (χ1v) is 5.67. The average Bonchev–Trinajstić information content (AvgIpc) is 2.74. The van der Waals surface area contributed by atoms with Crippen LogP contribution in [-0.2, 0) is 22.1 Å². The normalized spacial score (nSPS) is 12.0. The summed E-state index contributed by atoms with van der Waals surface area (Å²) in [6.07, 6.45) is -4.81. The summed E-state index contributed by atoms with van der Waals surface area (Å²) >= 11 is 0.866. The zero-order chi connectivity index (χ0) is 13.3. The molecule has 2 aromatic rings. The van der Waals surface area contributed by atoms with Crippen molar-refractivity contribution in [2.75, 3.05) is 6.61 Å². The van der Waals surface area contributed by atoms with Crippen molar-refractivity contribution in [1.29, 1.82) is 0 Å². The van der Waals surface area contributed by atoms with Crippen molar-refractivity contribution in [3.8, 4) is 0 Å². The van der Waals surface area contributed by atoms with Crippen molar-refractivity contribution in [3.63, 3.8) is 0 Å². The largest absolute Gasteiger partial charge is 0.466 e. The van der Waals surface area contributed by atoms with Crippen molar-refractivity contribution in [2.24, 2.45) is 0 Å². The quantitative estimate of drug-likeness (QED) is 0.793. The Hall–Kier alpha value is -1.71. The predicted octanol–water partition coefficient (Wildman–Crippen LogP) is 1.31. The van der Waals surface area contributed by atoms with Gasteiger partial charge >= 0.3 is 12.1 Å². The number of hydrogen-bond donors (Lipinski definition) is 0. The molecule has 0 aliphatic carbocycles. The lowest BCUT2D eigenvalue weighted by Crippen LogP contribution is -2.12. The Balaban J connectivity index is 2.28. The monoisotopic (exact) mass is 280 g/mol. The van der Waals surface area contributed by atoms with E-state index in [0.717, 1.165) is 11.3 Å². The number of hydrogen-bond acceptors (Lipinski definition) is 6. The molecule has 0 spiro atoms. The van der Waals surface area contributed by atoms with E-state index in [9.17, 15) is 18.0 Å². The number of halogens is 3. The van der Waals surface area contributed by atoms with Gasteiger partial charge in [0.2, 0.25) is 4.96 Å². The van der Waals surface area contributed by atoms with Crippen LogP contribution >= 0.6 is 11.3 Å². The Labute approximate surface area is 102 Å². The van der Waals surface area contributed by atoms with Crippen LogP contribution in [0.2, 0.25) is 0 Å². The third-order valence-electron chi connectivity index (χ3n) is 1.89. The molecule has 0 aliphatic heterocycles. The Morgan fingerprint density at radius 3 is 2.78 bits per heavy atom. The number of carbonyl (C=O) groups excluding carboxylic acids is 1. The van der Waals surface area contributed by atoms with Crippen LogP contribution in [-0.4, -0.2) is 32.4 Å². The Morgan fingerprint density at radius 1 is 1.44 bits per heavy atom. The minimum absolute atomic E-state index is 0.0124. The van der Waals surface area contributed by atoms with Gasteiger partial charge in [-0.2, -0.15) is 22.8 Å². The van der Waals surface area contributed by atoms with Crippen LogP contribution in [0.5, 0.6) is 0 Å². The molecule has 10 heteroatoms. The number of fused-ring (bicyclic) bond motifs is 1. The average molecular weight is 280 g/mol. The molecule has 0 aromatic carbocycles. The summed E-state index contributed by atoms with van der Waals surface area (Å²) in [4.78, 5) is 11.2. The molecule has 0 saturated carbocycles. The summed E-state index contributed by atoms with van der Waals surface area (Å²) in [5, 5.41) is 10.2. The van der Waals surface area contributed by atoms with Gasteiger partial charge in [-0.25, -0.2) is 0 Å². The molecule has 0 atom stereocenters. The number of rotatable bonds is 3. The van der Waals surface area contributed by atoms with Gasteiger partial charge in [0.05, 0.1) is 13.0 Å². The van der Waals surface area contributed by atoms with Gasteiger partial charge in [0, 0.05) is 0 Å². The molecule has 18 heavy (non-hydrogen) atoms. The van der Waals surface area contributed by atoms with Gasteiger partial charge in [-0.05, 0) is 6.92 Å². The van der Waals surface area contributed by atoms with Crippen LogP contribution in [0.4, 0.5) is 13.2 Å². The first-order valence-electron chi connectivity index (χ1n) is 4.85. The van der Waals surface area contributed by atoms with Gasteiger partial charge in [0.25, 0.3) is 5.82 Å². The molecule has 0 bridgehead atoms. The first-order chi connectivity index (χ1) is 8.41. The number of esters is 1. The van der Waals surface area contributed by atoms with E-state index in [1.807, 2.05) is 0 Å². The second-order valence-electron chi connectivity index (χ2n) is 3.19. The smallest absolute Gasteiger partial charge is 0.453 e. The standard InChI is InChI=1S/C8H7F3N4O2S/c1-2-17-5(16)3-4-14-15-6(8(9,10)11)12-13-7(15)18-4/h2-3H2,1H3. The van der Waals surface area contributed by atoms with Gasteiger partial charge in [0.1, 0.15) is 5.01 Å². The van der Waals surface area contributed by atoms with Gasteiger partial charge in [-0.3, -0.25) is 4.79 Å². The van der Waals surface area contributed by atoms with Crippen LogP contribution in [0.25, 0.3) is 4.96 Å². The fourth-order valence-electron chi connectivity index (χ4n) is 1.24. The highest BCUT2D eigenvalue weighted by atomic mass is 32.1. The number of aromatic nitrogens is 4. The fourth-order valence-corrected chi connectivity index (χ4v) is 2.06. The van der Waals surface area contributed by atoms with Crippen molar-refractivity contribution in [1.82, 2.24) is 19.8 Å². The fraction of sp³-hybridized carbons (Fsp3) is 0.500. The van der Waals surface area contributed by atoms with E-state index >= 15 is 0 Å². The van der Waals surface area contributed by atoms with Gasteiger partial charge < -0.3 is 4.74 Å². The summed E-state index contributed by atoms with van der Waals surface area (Å²) in [6.45, 7) is 1.84. The Kier molecular flexibility index (Phi) is 3.20. The maximum atomic E-state index is 12.5. The molecule has 0 amide bonds. The molecule has 2 aromatic heterocycles. The van der Waals surface area contributed by atoms with Crippen molar-refractivity contribution in [2.45, 2.75) is 19.5 Å². The van der Waals surface area contributed by atoms with Crippen molar-refractivity contribution in [3.05, 3.63) is 10.8 Å². The second-order valence-corrected chi connectivity index (χ2v) is 4.23. The van der Waals surface area contributed by atoms with E-state index in [1.54, 1.807) is 6.92 Å². The summed E-state index contributed by atoms with van der Waals surface area (Å²) in [5.74, 6) is -1.75. The molecule has 0 saturated heterocycles. The summed E-state index contributed by atoms with van der Waals surface area (Å²) in [5.41, 5.74) is 0. The van der Waals surface area contributed by atoms with E-state index in [-0.39, 0.29) is 23.0 Å². The molecule has 2 heterocycles. The predicted molar refractivity (Wildman–Crippen MR) is 54.0 cm³/mol. The number of ether oxygens (including phenoxy) is 1. The molecule has 0 fully saturated rings. The highest BCUT2D eigenvalue weighted by molar-refractivity contribution is 7.16. The van der Waals surface area contributed by atoms with Crippen LogP contribution in [0.15, 0.2) is 0 Å². The van der Waals surface area contributed by atoms with Gasteiger partial charge in [-0.15, -0.1) is 10.2 Å². The Bertz CT molecular complexity index is 576. The summed E-state index contributed by atoms with van der Waals surface area (Å²) in [6, 6.07) is 0. The van der Waals surface area contributed by atoms with Crippen molar-refractivity contribution >= 4 is 22.3 Å². The SMILES string of the molecule is CCOC(=O)Cc1nn2c(C(F)(F)F)nnc2s1. The van der Waals surface area contributed by atoms with E-state index in [2.05, 4.69) is 20.0 Å². The molecule has 2 rings (SSSR count). The molecule has 0 aliphatic rings. The highest BCUT2D eigenvalue weighted by Crippen LogP contribution is 2.28. The summed E-state index contributed by atoms with van der Waals surface area (Å²) in [7, 11) is 0. The van der Waals surface area contributed by atoms with E-state index in [1.165, 1.54) is 0 Å². The molecule has 0 N–H and O–H groups in total. The number of nitrogens with zero attached hydrogens (tertiary/aromatic N) is 4. The second kappa shape index (κ2) is 4.52. The highest BCUT2D eigenvalue weighted by Gasteiger charge is 2.38. The zero-order valence-electron chi connectivity index (χ0n) is 9.06. The maximum absolute atomic E-state index is 12.5. The summed E-state index contributed by atoms with van der Waals surface area (Å²) < 4.78 is 42.7. The third kappa shape index (κ3) is 2.42.